The number of aromatic nitrogens is 4. The standard InChI is InChI=1S/C16H17FN6O/c1-22-15-12(7-19-22)14(18)20-16(21-15)23-8-11(24)6-13(23)9-2-4-10(17)5-3-9/h2-5,7,11,13,24H,6,8H2,1H3,(H2,18,20,21)/t11-,13+/m1/s1. The zero-order chi connectivity index (χ0) is 16.8. The van der Waals surface area contributed by atoms with Gasteiger partial charge in [0.2, 0.25) is 5.95 Å². The first-order chi connectivity index (χ1) is 11.5. The minimum atomic E-state index is -0.507. The molecule has 1 saturated heterocycles. The number of anilines is 2. The highest BCUT2D eigenvalue weighted by Crippen LogP contribution is 2.35. The smallest absolute Gasteiger partial charge is 0.229 e. The van der Waals surface area contributed by atoms with Crippen molar-refractivity contribution in [3.05, 3.63) is 41.8 Å². The third kappa shape index (κ3) is 2.35. The Labute approximate surface area is 137 Å². The second-order valence-corrected chi connectivity index (χ2v) is 6.02. The topological polar surface area (TPSA) is 93.1 Å². The molecule has 0 aliphatic carbocycles. The van der Waals surface area contributed by atoms with Gasteiger partial charge in [-0.3, -0.25) is 4.68 Å². The number of fused-ring (bicyclic) bond motifs is 1. The van der Waals surface area contributed by atoms with E-state index in [0.717, 1.165) is 5.56 Å². The van der Waals surface area contributed by atoms with Crippen LogP contribution >= 0.6 is 0 Å². The molecule has 3 N–H and O–H groups in total. The monoisotopic (exact) mass is 328 g/mol. The van der Waals surface area contributed by atoms with Crippen LogP contribution in [-0.4, -0.2) is 37.5 Å². The van der Waals surface area contributed by atoms with E-state index in [1.165, 1.54) is 12.1 Å². The van der Waals surface area contributed by atoms with E-state index in [4.69, 9.17) is 5.73 Å². The lowest BCUT2D eigenvalue weighted by molar-refractivity contribution is 0.194. The van der Waals surface area contributed by atoms with E-state index >= 15 is 0 Å². The first kappa shape index (κ1) is 14.8. The number of hydrogen-bond donors (Lipinski definition) is 2. The average molecular weight is 328 g/mol. The first-order valence-electron chi connectivity index (χ1n) is 7.68. The lowest BCUT2D eigenvalue weighted by atomic mass is 10.0. The Kier molecular flexibility index (Phi) is 3.34. The summed E-state index contributed by atoms with van der Waals surface area (Å²) >= 11 is 0. The van der Waals surface area contributed by atoms with Crippen LogP contribution in [-0.2, 0) is 7.05 Å². The van der Waals surface area contributed by atoms with E-state index in [9.17, 15) is 9.50 Å². The minimum Gasteiger partial charge on any atom is -0.391 e. The van der Waals surface area contributed by atoms with E-state index < -0.39 is 6.10 Å². The maximum atomic E-state index is 13.2. The van der Waals surface area contributed by atoms with Crippen LogP contribution in [0.1, 0.15) is 18.0 Å². The van der Waals surface area contributed by atoms with Gasteiger partial charge in [0.05, 0.1) is 23.7 Å². The largest absolute Gasteiger partial charge is 0.391 e. The molecule has 1 fully saturated rings. The number of aliphatic hydroxyl groups excluding tert-OH is 1. The van der Waals surface area contributed by atoms with Crippen molar-refractivity contribution in [2.75, 3.05) is 17.2 Å². The van der Waals surface area contributed by atoms with Gasteiger partial charge in [0.1, 0.15) is 11.6 Å². The Morgan fingerprint density at radius 3 is 2.75 bits per heavy atom. The molecule has 8 heteroatoms. The fraction of sp³-hybridized carbons (Fsp3) is 0.312. The summed E-state index contributed by atoms with van der Waals surface area (Å²) in [7, 11) is 1.79. The summed E-state index contributed by atoms with van der Waals surface area (Å²) in [5, 5.41) is 15.0. The summed E-state index contributed by atoms with van der Waals surface area (Å²) in [6.07, 6.45) is 1.65. The zero-order valence-electron chi connectivity index (χ0n) is 13.1. The quantitative estimate of drug-likeness (QED) is 0.738. The van der Waals surface area contributed by atoms with Crippen LogP contribution in [0.5, 0.6) is 0 Å². The molecular formula is C16H17FN6O. The zero-order valence-corrected chi connectivity index (χ0v) is 13.1. The van der Waals surface area contributed by atoms with Crippen molar-refractivity contribution >= 4 is 22.8 Å². The molecule has 1 aliphatic heterocycles. The van der Waals surface area contributed by atoms with Gasteiger partial charge in [-0.1, -0.05) is 12.1 Å². The molecular weight excluding hydrogens is 311 g/mol. The molecule has 24 heavy (non-hydrogen) atoms. The van der Waals surface area contributed by atoms with Crippen LogP contribution in [0.25, 0.3) is 11.0 Å². The molecule has 0 bridgehead atoms. The minimum absolute atomic E-state index is 0.134. The van der Waals surface area contributed by atoms with E-state index in [1.807, 2.05) is 4.90 Å². The van der Waals surface area contributed by atoms with Gasteiger partial charge in [0.25, 0.3) is 0 Å². The summed E-state index contributed by atoms with van der Waals surface area (Å²) in [4.78, 5) is 10.8. The molecule has 124 valence electrons. The third-order valence-corrected chi connectivity index (χ3v) is 4.40. The number of benzene rings is 1. The lowest BCUT2D eigenvalue weighted by Crippen LogP contribution is -2.26. The fourth-order valence-corrected chi connectivity index (χ4v) is 3.20. The molecule has 7 nitrogen and oxygen atoms in total. The summed E-state index contributed by atoms with van der Waals surface area (Å²) in [5.74, 6) is 0.498. The number of rotatable bonds is 2. The van der Waals surface area contributed by atoms with E-state index in [-0.39, 0.29) is 11.9 Å². The Hall–Kier alpha value is -2.74. The van der Waals surface area contributed by atoms with Gasteiger partial charge >= 0.3 is 0 Å². The molecule has 2 atom stereocenters. The highest BCUT2D eigenvalue weighted by atomic mass is 19.1. The first-order valence-corrected chi connectivity index (χ1v) is 7.68. The van der Waals surface area contributed by atoms with E-state index in [0.29, 0.717) is 35.8 Å². The molecule has 0 saturated carbocycles. The van der Waals surface area contributed by atoms with Crippen molar-refractivity contribution in [1.29, 1.82) is 0 Å². The number of β-amino-alcohol motifs (C(OH)–C–C–N with tert-alkyl or cyclic N) is 1. The van der Waals surface area contributed by atoms with Gasteiger partial charge in [0.15, 0.2) is 5.65 Å². The molecule has 2 aromatic heterocycles. The predicted molar refractivity (Wildman–Crippen MR) is 87.8 cm³/mol. The van der Waals surface area contributed by atoms with Gasteiger partial charge in [-0.15, -0.1) is 0 Å². The number of nitrogen functional groups attached to an aromatic ring is 1. The van der Waals surface area contributed by atoms with Crippen molar-refractivity contribution in [2.24, 2.45) is 7.05 Å². The van der Waals surface area contributed by atoms with Gasteiger partial charge in [-0.2, -0.15) is 15.1 Å². The fourth-order valence-electron chi connectivity index (χ4n) is 3.20. The van der Waals surface area contributed by atoms with E-state index in [2.05, 4.69) is 15.1 Å². The molecule has 4 rings (SSSR count). The van der Waals surface area contributed by atoms with Crippen LogP contribution in [0.15, 0.2) is 30.5 Å². The summed E-state index contributed by atoms with van der Waals surface area (Å²) in [6, 6.07) is 6.13. The molecule has 3 heterocycles. The highest BCUT2D eigenvalue weighted by Gasteiger charge is 2.34. The average Bonchev–Trinajstić information content (AvgIpc) is 3.12. The van der Waals surface area contributed by atoms with Crippen LogP contribution in [0.4, 0.5) is 16.2 Å². The number of halogens is 1. The van der Waals surface area contributed by atoms with Gasteiger partial charge in [-0.05, 0) is 24.1 Å². The van der Waals surface area contributed by atoms with Crippen molar-refractivity contribution in [2.45, 2.75) is 18.6 Å². The number of hydrogen-bond acceptors (Lipinski definition) is 6. The maximum absolute atomic E-state index is 13.2. The van der Waals surface area contributed by atoms with Crippen molar-refractivity contribution in [1.82, 2.24) is 19.7 Å². The van der Waals surface area contributed by atoms with Gasteiger partial charge in [-0.25, -0.2) is 4.39 Å². The predicted octanol–water partition coefficient (Wildman–Crippen LogP) is 1.40. The second-order valence-electron chi connectivity index (χ2n) is 6.02. The molecule has 1 aromatic carbocycles. The van der Waals surface area contributed by atoms with Crippen molar-refractivity contribution < 1.29 is 9.50 Å². The molecule has 0 radical (unpaired) electrons. The van der Waals surface area contributed by atoms with Crippen molar-refractivity contribution in [3.8, 4) is 0 Å². The number of nitrogens with zero attached hydrogens (tertiary/aromatic N) is 5. The van der Waals surface area contributed by atoms with Crippen LogP contribution in [0, 0.1) is 5.82 Å². The third-order valence-electron chi connectivity index (χ3n) is 4.40. The van der Waals surface area contributed by atoms with Crippen molar-refractivity contribution in [3.63, 3.8) is 0 Å². The second kappa shape index (κ2) is 5.41. The molecule has 0 amide bonds. The molecule has 0 spiro atoms. The molecule has 3 aromatic rings. The Balaban J connectivity index is 1.78. The van der Waals surface area contributed by atoms with E-state index in [1.54, 1.807) is 30.1 Å². The number of aliphatic hydroxyl groups is 1. The van der Waals surface area contributed by atoms with Gasteiger partial charge < -0.3 is 15.7 Å². The molecule has 1 aliphatic rings. The Morgan fingerprint density at radius 1 is 1.25 bits per heavy atom. The highest BCUT2D eigenvalue weighted by molar-refractivity contribution is 5.86. The Bertz CT molecular complexity index is 893. The van der Waals surface area contributed by atoms with Crippen LogP contribution in [0.2, 0.25) is 0 Å². The summed E-state index contributed by atoms with van der Waals surface area (Å²) in [5.41, 5.74) is 7.57. The lowest BCUT2D eigenvalue weighted by Gasteiger charge is -2.25. The van der Waals surface area contributed by atoms with Crippen LogP contribution < -0.4 is 10.6 Å². The Morgan fingerprint density at radius 2 is 2.00 bits per heavy atom. The van der Waals surface area contributed by atoms with Crippen LogP contribution in [0.3, 0.4) is 0 Å². The SMILES string of the molecule is Cn1ncc2c(N)nc(N3C[C@H](O)C[C@H]3c3ccc(F)cc3)nc21. The normalized spacial score (nSPS) is 20.9. The summed E-state index contributed by atoms with van der Waals surface area (Å²) < 4.78 is 14.8. The number of nitrogens with two attached hydrogens (primary N) is 1. The van der Waals surface area contributed by atoms with Gasteiger partial charge in [0, 0.05) is 13.6 Å². The summed E-state index contributed by atoms with van der Waals surface area (Å²) in [6.45, 7) is 0.394. The molecule has 0 unspecified atom stereocenters. The maximum Gasteiger partial charge on any atom is 0.229 e. The number of aryl methyl sites for hydroxylation is 1.